The molecule has 0 heterocycles. The predicted molar refractivity (Wildman–Crippen MR) is 132 cm³/mol. The lowest BCUT2D eigenvalue weighted by Crippen LogP contribution is -2.59. The van der Waals surface area contributed by atoms with Crippen LogP contribution in [0.4, 0.5) is 0 Å². The van der Waals surface area contributed by atoms with Crippen molar-refractivity contribution in [1.29, 1.82) is 0 Å². The zero-order valence-electron chi connectivity index (χ0n) is 21.5. The van der Waals surface area contributed by atoms with E-state index in [9.17, 15) is 4.79 Å². The fourth-order valence-electron chi connectivity index (χ4n) is 9.70. The molecule has 8 atom stereocenters. The summed E-state index contributed by atoms with van der Waals surface area (Å²) in [7, 11) is 0. The number of allylic oxidation sites excluding steroid dienone is 3. The molecule has 0 saturated heterocycles. The Morgan fingerprint density at radius 1 is 1.03 bits per heavy atom. The molecular formula is C30H48O. The van der Waals surface area contributed by atoms with E-state index in [0.717, 1.165) is 23.7 Å². The molecule has 0 aliphatic heterocycles. The zero-order chi connectivity index (χ0) is 22.8. The predicted octanol–water partition coefficient (Wildman–Crippen LogP) is 8.40. The van der Waals surface area contributed by atoms with Crippen molar-refractivity contribution in [2.75, 3.05) is 0 Å². The molecule has 4 rings (SSSR count). The van der Waals surface area contributed by atoms with Crippen LogP contribution in [0.15, 0.2) is 24.3 Å². The average molecular weight is 425 g/mol. The molecule has 0 amide bonds. The molecule has 3 fully saturated rings. The van der Waals surface area contributed by atoms with Gasteiger partial charge in [-0.3, -0.25) is 4.79 Å². The van der Waals surface area contributed by atoms with Crippen LogP contribution in [0.1, 0.15) is 106 Å². The van der Waals surface area contributed by atoms with Crippen LogP contribution in [0.3, 0.4) is 0 Å². The number of ketones is 1. The first-order chi connectivity index (χ1) is 14.4. The Hall–Kier alpha value is -0.850. The summed E-state index contributed by atoms with van der Waals surface area (Å²) in [6, 6.07) is 0. The Kier molecular flexibility index (Phi) is 5.71. The highest BCUT2D eigenvalue weighted by molar-refractivity contribution is 5.95. The second-order valence-electron chi connectivity index (χ2n) is 13.5. The molecule has 0 aromatic carbocycles. The third-order valence-corrected chi connectivity index (χ3v) is 11.7. The van der Waals surface area contributed by atoms with E-state index in [4.69, 9.17) is 0 Å². The number of hydrogen-bond donors (Lipinski definition) is 0. The second kappa shape index (κ2) is 7.59. The Morgan fingerprint density at radius 2 is 1.71 bits per heavy atom. The summed E-state index contributed by atoms with van der Waals surface area (Å²) < 4.78 is 0. The van der Waals surface area contributed by atoms with Gasteiger partial charge >= 0.3 is 0 Å². The summed E-state index contributed by atoms with van der Waals surface area (Å²) in [5.41, 5.74) is 2.25. The van der Waals surface area contributed by atoms with Crippen molar-refractivity contribution in [2.24, 2.45) is 51.2 Å². The minimum atomic E-state index is -0.202. The topological polar surface area (TPSA) is 17.1 Å². The van der Waals surface area contributed by atoms with E-state index in [2.05, 4.69) is 61.1 Å². The molecule has 3 saturated carbocycles. The molecule has 1 heteroatoms. The molecule has 0 N–H and O–H groups in total. The fraction of sp³-hybridized carbons (Fsp3) is 0.833. The number of fused-ring (bicyclic) bond motifs is 5. The lowest BCUT2D eigenvalue weighted by Gasteiger charge is -2.65. The van der Waals surface area contributed by atoms with Crippen molar-refractivity contribution in [3.63, 3.8) is 0 Å². The van der Waals surface area contributed by atoms with Gasteiger partial charge in [-0.25, -0.2) is 0 Å². The van der Waals surface area contributed by atoms with Crippen LogP contribution in [0.5, 0.6) is 0 Å². The third-order valence-electron chi connectivity index (χ3n) is 11.7. The van der Waals surface area contributed by atoms with Gasteiger partial charge < -0.3 is 0 Å². The molecule has 4 aliphatic rings. The quantitative estimate of drug-likeness (QED) is 0.405. The molecule has 0 bridgehead atoms. The first-order valence-electron chi connectivity index (χ1n) is 13.3. The van der Waals surface area contributed by atoms with Gasteiger partial charge in [-0.1, -0.05) is 59.6 Å². The highest BCUT2D eigenvalue weighted by atomic mass is 16.1. The standard InChI is InChI=1S/C30H48O/c1-20(2)10-9-11-21(3)22-14-18-30(8)24-12-13-25-27(4,5)26(31)16-17-28(25,6)23(24)15-19-29(22,30)7/h16-17,21-25H,1,9-15,18-19H2,2-8H3/t21-,22-,23-,24+,25-,28+,29-,30+/m0/s1. The molecule has 0 aromatic rings. The number of hydrogen-bond acceptors (Lipinski definition) is 1. The number of carbonyl (C=O) groups is 1. The highest BCUT2D eigenvalue weighted by Crippen LogP contribution is 2.73. The van der Waals surface area contributed by atoms with Gasteiger partial charge in [0.05, 0.1) is 0 Å². The molecule has 0 spiro atoms. The maximum Gasteiger partial charge on any atom is 0.161 e. The van der Waals surface area contributed by atoms with Gasteiger partial charge in [0.2, 0.25) is 0 Å². The Balaban J connectivity index is 1.59. The zero-order valence-corrected chi connectivity index (χ0v) is 21.5. The smallest absolute Gasteiger partial charge is 0.161 e. The summed E-state index contributed by atoms with van der Waals surface area (Å²) in [5, 5.41) is 0. The summed E-state index contributed by atoms with van der Waals surface area (Å²) in [6.07, 6.45) is 16.3. The Labute approximate surface area is 192 Å². The largest absolute Gasteiger partial charge is 0.294 e. The van der Waals surface area contributed by atoms with Gasteiger partial charge in [0, 0.05) is 5.41 Å². The molecule has 0 unspecified atom stereocenters. The van der Waals surface area contributed by atoms with Gasteiger partial charge in [0.1, 0.15) is 0 Å². The number of carbonyl (C=O) groups excluding carboxylic acids is 1. The lowest BCUT2D eigenvalue weighted by atomic mass is 9.39. The fourth-order valence-corrected chi connectivity index (χ4v) is 9.70. The van der Waals surface area contributed by atoms with Crippen LogP contribution in [0.25, 0.3) is 0 Å². The molecule has 4 aliphatic carbocycles. The van der Waals surface area contributed by atoms with Crippen LogP contribution < -0.4 is 0 Å². The van der Waals surface area contributed by atoms with Crippen molar-refractivity contribution in [2.45, 2.75) is 106 Å². The van der Waals surface area contributed by atoms with E-state index in [-0.39, 0.29) is 10.8 Å². The minimum absolute atomic E-state index is 0.190. The van der Waals surface area contributed by atoms with Crippen molar-refractivity contribution in [3.8, 4) is 0 Å². The maximum absolute atomic E-state index is 12.7. The second-order valence-corrected chi connectivity index (χ2v) is 13.5. The highest BCUT2D eigenvalue weighted by Gasteiger charge is 2.66. The molecule has 31 heavy (non-hydrogen) atoms. The molecule has 0 radical (unpaired) electrons. The minimum Gasteiger partial charge on any atom is -0.294 e. The van der Waals surface area contributed by atoms with Crippen molar-refractivity contribution in [3.05, 3.63) is 24.3 Å². The Morgan fingerprint density at radius 3 is 2.39 bits per heavy atom. The third kappa shape index (κ3) is 3.26. The van der Waals surface area contributed by atoms with Crippen LogP contribution in [-0.2, 0) is 4.79 Å². The van der Waals surface area contributed by atoms with Crippen molar-refractivity contribution >= 4 is 5.78 Å². The first kappa shape index (κ1) is 23.3. The van der Waals surface area contributed by atoms with E-state index in [1.165, 1.54) is 63.4 Å². The molecular weight excluding hydrogens is 376 g/mol. The summed E-state index contributed by atoms with van der Waals surface area (Å²) in [5.74, 6) is 4.10. The summed E-state index contributed by atoms with van der Waals surface area (Å²) in [6.45, 7) is 21.1. The van der Waals surface area contributed by atoms with E-state index < -0.39 is 0 Å². The molecule has 174 valence electrons. The van der Waals surface area contributed by atoms with Crippen molar-refractivity contribution in [1.82, 2.24) is 0 Å². The van der Waals surface area contributed by atoms with Gasteiger partial charge in [0.15, 0.2) is 5.78 Å². The van der Waals surface area contributed by atoms with E-state index >= 15 is 0 Å². The average Bonchev–Trinajstić information content (AvgIpc) is 2.96. The SMILES string of the molecule is C=C(C)CCC[C@H](C)[C@@H]1CC[C@]2(C)[C@@H]3CC[C@H]4C(C)(C)C(=O)C=C[C@]4(C)[C@H]3CC[C@@]12C. The van der Waals surface area contributed by atoms with E-state index in [1.807, 2.05) is 6.08 Å². The Bertz CT molecular complexity index is 773. The monoisotopic (exact) mass is 424 g/mol. The van der Waals surface area contributed by atoms with Crippen molar-refractivity contribution < 1.29 is 4.79 Å². The summed E-state index contributed by atoms with van der Waals surface area (Å²) >= 11 is 0. The van der Waals surface area contributed by atoms with Crippen LogP contribution in [-0.4, -0.2) is 5.78 Å². The van der Waals surface area contributed by atoms with Crippen LogP contribution in [0.2, 0.25) is 0 Å². The van der Waals surface area contributed by atoms with E-state index in [1.54, 1.807) is 0 Å². The van der Waals surface area contributed by atoms with Gasteiger partial charge in [-0.05, 0) is 110 Å². The molecule has 1 nitrogen and oxygen atoms in total. The van der Waals surface area contributed by atoms with Crippen LogP contribution in [0, 0.1) is 51.2 Å². The van der Waals surface area contributed by atoms with Crippen LogP contribution >= 0.6 is 0 Å². The van der Waals surface area contributed by atoms with Gasteiger partial charge in [-0.15, -0.1) is 6.58 Å². The molecule has 0 aromatic heterocycles. The first-order valence-corrected chi connectivity index (χ1v) is 13.3. The maximum atomic E-state index is 12.7. The van der Waals surface area contributed by atoms with E-state index in [0.29, 0.717) is 22.5 Å². The summed E-state index contributed by atoms with van der Waals surface area (Å²) in [4.78, 5) is 12.7. The van der Waals surface area contributed by atoms with Gasteiger partial charge in [-0.2, -0.15) is 0 Å². The van der Waals surface area contributed by atoms with Gasteiger partial charge in [0.25, 0.3) is 0 Å². The lowest BCUT2D eigenvalue weighted by molar-refractivity contribution is -0.159. The normalized spacial score (nSPS) is 46.7. The number of rotatable bonds is 5.